The van der Waals surface area contributed by atoms with Gasteiger partial charge in [0, 0.05) is 30.7 Å². The van der Waals surface area contributed by atoms with E-state index in [1.165, 1.54) is 5.56 Å². The first-order valence-electron chi connectivity index (χ1n) is 6.17. The van der Waals surface area contributed by atoms with Crippen molar-refractivity contribution >= 4 is 5.82 Å². The lowest BCUT2D eigenvalue weighted by atomic mass is 10.1. The summed E-state index contributed by atoms with van der Waals surface area (Å²) >= 11 is 0. The van der Waals surface area contributed by atoms with Crippen molar-refractivity contribution in [2.75, 3.05) is 11.4 Å². The van der Waals surface area contributed by atoms with Crippen LogP contribution in [0.4, 0.5) is 5.82 Å². The van der Waals surface area contributed by atoms with Crippen LogP contribution in [0.1, 0.15) is 31.1 Å². The second kappa shape index (κ2) is 5.58. The smallest absolute Gasteiger partial charge is 0.132 e. The van der Waals surface area contributed by atoms with E-state index in [4.69, 9.17) is 0 Å². The highest BCUT2D eigenvalue weighted by Gasteiger charge is 2.16. The molecular weight excluding hydrogens is 224 g/mol. The van der Waals surface area contributed by atoms with Crippen molar-refractivity contribution in [2.24, 2.45) is 0 Å². The van der Waals surface area contributed by atoms with E-state index in [0.29, 0.717) is 0 Å². The summed E-state index contributed by atoms with van der Waals surface area (Å²) in [5.74, 6) is 0.960. The quantitative estimate of drug-likeness (QED) is 0.826. The number of hydrogen-bond acceptors (Lipinski definition) is 4. The van der Waals surface area contributed by atoms with Crippen LogP contribution in [0.25, 0.3) is 0 Å². The van der Waals surface area contributed by atoms with Gasteiger partial charge in [-0.3, -0.25) is 4.98 Å². The van der Waals surface area contributed by atoms with Gasteiger partial charge in [0.2, 0.25) is 0 Å². The summed E-state index contributed by atoms with van der Waals surface area (Å²) in [6.45, 7) is 7.17. The second-order valence-electron chi connectivity index (χ2n) is 4.27. The van der Waals surface area contributed by atoms with E-state index in [9.17, 15) is 0 Å². The van der Waals surface area contributed by atoms with Gasteiger partial charge in [-0.25, -0.2) is 9.97 Å². The largest absolute Gasteiger partial charge is 0.350 e. The van der Waals surface area contributed by atoms with E-state index in [-0.39, 0.29) is 6.04 Å². The van der Waals surface area contributed by atoms with Crippen LogP contribution >= 0.6 is 0 Å². The first kappa shape index (κ1) is 12.5. The van der Waals surface area contributed by atoms with Gasteiger partial charge in [0.05, 0.1) is 6.04 Å². The zero-order chi connectivity index (χ0) is 13.0. The van der Waals surface area contributed by atoms with Gasteiger partial charge in [-0.05, 0) is 32.4 Å². The molecular formula is C14H18N4. The molecule has 0 aliphatic rings. The van der Waals surface area contributed by atoms with E-state index >= 15 is 0 Å². The van der Waals surface area contributed by atoms with Crippen molar-refractivity contribution in [1.82, 2.24) is 15.0 Å². The van der Waals surface area contributed by atoms with Crippen molar-refractivity contribution < 1.29 is 0 Å². The van der Waals surface area contributed by atoms with Crippen molar-refractivity contribution in [1.29, 1.82) is 0 Å². The fraction of sp³-hybridized carbons (Fsp3) is 0.357. The summed E-state index contributed by atoms with van der Waals surface area (Å²) in [5.41, 5.74) is 2.17. The molecule has 0 saturated heterocycles. The Morgan fingerprint density at radius 3 is 2.78 bits per heavy atom. The predicted molar refractivity (Wildman–Crippen MR) is 72.4 cm³/mol. The van der Waals surface area contributed by atoms with Crippen molar-refractivity contribution in [3.05, 3.63) is 48.2 Å². The first-order valence-corrected chi connectivity index (χ1v) is 6.17. The van der Waals surface area contributed by atoms with Gasteiger partial charge in [-0.15, -0.1) is 0 Å². The maximum absolute atomic E-state index is 4.35. The zero-order valence-corrected chi connectivity index (χ0v) is 11.0. The molecule has 2 aromatic heterocycles. The minimum absolute atomic E-state index is 0.248. The highest BCUT2D eigenvalue weighted by molar-refractivity contribution is 5.41. The topological polar surface area (TPSA) is 41.9 Å². The Bertz CT molecular complexity index is 498. The number of rotatable bonds is 4. The van der Waals surface area contributed by atoms with Crippen molar-refractivity contribution in [2.45, 2.75) is 26.8 Å². The summed E-state index contributed by atoms with van der Waals surface area (Å²) in [5, 5.41) is 0. The molecule has 4 nitrogen and oxygen atoms in total. The lowest BCUT2D eigenvalue weighted by Gasteiger charge is -2.29. The van der Waals surface area contributed by atoms with Gasteiger partial charge in [0.1, 0.15) is 12.1 Å². The number of aromatic nitrogens is 3. The van der Waals surface area contributed by atoms with Gasteiger partial charge in [-0.1, -0.05) is 6.07 Å². The molecule has 0 spiro atoms. The number of aryl methyl sites for hydroxylation is 1. The minimum Gasteiger partial charge on any atom is -0.350 e. The summed E-state index contributed by atoms with van der Waals surface area (Å²) in [6, 6.07) is 6.31. The lowest BCUT2D eigenvalue weighted by Crippen LogP contribution is -2.27. The van der Waals surface area contributed by atoms with E-state index in [2.05, 4.69) is 39.8 Å². The Kier molecular flexibility index (Phi) is 3.87. The van der Waals surface area contributed by atoms with Crippen LogP contribution in [0.15, 0.2) is 36.9 Å². The molecule has 0 aromatic carbocycles. The van der Waals surface area contributed by atoms with Gasteiger partial charge in [0.25, 0.3) is 0 Å². The summed E-state index contributed by atoms with van der Waals surface area (Å²) in [6.07, 6.45) is 5.31. The molecule has 0 radical (unpaired) electrons. The summed E-state index contributed by atoms with van der Waals surface area (Å²) in [7, 11) is 0. The third-order valence-corrected chi connectivity index (χ3v) is 3.06. The molecule has 1 unspecified atom stereocenters. The molecule has 0 aliphatic carbocycles. The zero-order valence-electron chi connectivity index (χ0n) is 11.0. The average molecular weight is 242 g/mol. The molecule has 0 saturated carbocycles. The van der Waals surface area contributed by atoms with Crippen LogP contribution in [0, 0.1) is 6.92 Å². The fourth-order valence-electron chi connectivity index (χ4n) is 2.03. The minimum atomic E-state index is 0.248. The SMILES string of the molecule is CCN(c1cc(C)ncn1)C(C)c1cccnc1. The highest BCUT2D eigenvalue weighted by Crippen LogP contribution is 2.24. The third kappa shape index (κ3) is 2.64. The van der Waals surface area contributed by atoms with Crippen LogP contribution in [0.2, 0.25) is 0 Å². The predicted octanol–water partition coefficient (Wildman–Crippen LogP) is 2.77. The maximum atomic E-state index is 4.35. The molecule has 2 heterocycles. The van der Waals surface area contributed by atoms with Crippen LogP contribution < -0.4 is 4.90 Å². The molecule has 2 aromatic rings. The standard InChI is InChI=1S/C14H18N4/c1-4-18(14-8-11(2)16-10-17-14)12(3)13-6-5-7-15-9-13/h5-10,12H,4H2,1-3H3. The van der Waals surface area contributed by atoms with E-state index in [0.717, 1.165) is 18.1 Å². The van der Waals surface area contributed by atoms with Gasteiger partial charge < -0.3 is 4.90 Å². The van der Waals surface area contributed by atoms with E-state index < -0.39 is 0 Å². The fourth-order valence-corrected chi connectivity index (χ4v) is 2.03. The molecule has 0 bridgehead atoms. The normalized spacial score (nSPS) is 12.2. The third-order valence-electron chi connectivity index (χ3n) is 3.06. The molecule has 0 aliphatic heterocycles. The second-order valence-corrected chi connectivity index (χ2v) is 4.27. The number of nitrogens with zero attached hydrogens (tertiary/aromatic N) is 4. The van der Waals surface area contributed by atoms with E-state index in [1.54, 1.807) is 12.5 Å². The Morgan fingerprint density at radius 1 is 1.33 bits per heavy atom. The molecule has 18 heavy (non-hydrogen) atoms. The lowest BCUT2D eigenvalue weighted by molar-refractivity contribution is 0.675. The molecule has 94 valence electrons. The number of anilines is 1. The maximum Gasteiger partial charge on any atom is 0.132 e. The van der Waals surface area contributed by atoms with Crippen LogP contribution in [0.3, 0.4) is 0 Å². The van der Waals surface area contributed by atoms with E-state index in [1.807, 2.05) is 25.3 Å². The molecule has 2 rings (SSSR count). The number of hydrogen-bond donors (Lipinski definition) is 0. The first-order chi connectivity index (χ1) is 8.72. The van der Waals surface area contributed by atoms with Crippen molar-refractivity contribution in [3.8, 4) is 0 Å². The molecule has 4 heteroatoms. The van der Waals surface area contributed by atoms with Gasteiger partial charge >= 0.3 is 0 Å². The summed E-state index contributed by atoms with van der Waals surface area (Å²) < 4.78 is 0. The molecule has 0 amide bonds. The number of pyridine rings is 1. The molecule has 0 N–H and O–H groups in total. The van der Waals surface area contributed by atoms with Gasteiger partial charge in [-0.2, -0.15) is 0 Å². The van der Waals surface area contributed by atoms with Crippen LogP contribution in [0.5, 0.6) is 0 Å². The highest BCUT2D eigenvalue weighted by atomic mass is 15.2. The molecule has 1 atom stereocenters. The molecule has 0 fully saturated rings. The van der Waals surface area contributed by atoms with Crippen molar-refractivity contribution in [3.63, 3.8) is 0 Å². The van der Waals surface area contributed by atoms with Crippen LogP contribution in [-0.4, -0.2) is 21.5 Å². The Balaban J connectivity index is 2.29. The Hall–Kier alpha value is -1.97. The Labute approximate surface area is 108 Å². The average Bonchev–Trinajstić information content (AvgIpc) is 2.40. The van der Waals surface area contributed by atoms with Crippen LogP contribution in [-0.2, 0) is 0 Å². The Morgan fingerprint density at radius 2 is 2.17 bits per heavy atom. The van der Waals surface area contributed by atoms with Gasteiger partial charge in [0.15, 0.2) is 0 Å². The monoisotopic (exact) mass is 242 g/mol. The summed E-state index contributed by atoms with van der Waals surface area (Å²) in [4.78, 5) is 14.9.